The van der Waals surface area contributed by atoms with Gasteiger partial charge in [0.05, 0.1) is 18.8 Å². The predicted octanol–water partition coefficient (Wildman–Crippen LogP) is 1.91. The number of carbonyl (C=O) groups excluding carboxylic acids is 1. The topological polar surface area (TPSA) is 58.8 Å². The predicted molar refractivity (Wildman–Crippen MR) is 99.9 cm³/mol. The Hall–Kier alpha value is -2.53. The van der Waals surface area contributed by atoms with Crippen molar-refractivity contribution in [1.82, 2.24) is 4.90 Å². The van der Waals surface area contributed by atoms with Crippen molar-refractivity contribution in [2.45, 2.75) is 12.5 Å². The summed E-state index contributed by atoms with van der Waals surface area (Å²) >= 11 is 0. The van der Waals surface area contributed by atoms with Gasteiger partial charge in [-0.15, -0.1) is 0 Å². The number of rotatable bonds is 5. The lowest BCUT2D eigenvalue weighted by Crippen LogP contribution is -2.53. The third-order valence-corrected chi connectivity index (χ3v) is 4.63. The molecular weight excluding hydrogens is 314 g/mol. The second-order valence-corrected chi connectivity index (χ2v) is 6.28. The molecule has 2 aromatic rings. The number of nitrogens with zero attached hydrogens (tertiary/aromatic N) is 2. The fourth-order valence-corrected chi connectivity index (χ4v) is 3.25. The van der Waals surface area contributed by atoms with Gasteiger partial charge in [0, 0.05) is 26.2 Å². The standard InChI is InChI=1S/C20H25N3O2/c1-25-19-10-6-5-9-18(19)22-11-13-23(14-12-22)20(24)17(21)15-16-7-3-2-4-8-16/h2-10,17H,11-15,21H2,1H3. The lowest BCUT2D eigenvalue weighted by atomic mass is 10.1. The Morgan fingerprint density at radius 2 is 1.68 bits per heavy atom. The van der Waals surface area contributed by atoms with Gasteiger partial charge in [-0.3, -0.25) is 4.79 Å². The molecule has 0 saturated carbocycles. The van der Waals surface area contributed by atoms with Gasteiger partial charge in [0.2, 0.25) is 5.91 Å². The highest BCUT2D eigenvalue weighted by Crippen LogP contribution is 2.28. The second kappa shape index (κ2) is 8.03. The van der Waals surface area contributed by atoms with Gasteiger partial charge in [-0.25, -0.2) is 0 Å². The number of anilines is 1. The van der Waals surface area contributed by atoms with Crippen LogP contribution in [0.2, 0.25) is 0 Å². The van der Waals surface area contributed by atoms with Crippen LogP contribution in [0.25, 0.3) is 0 Å². The van der Waals surface area contributed by atoms with E-state index in [1.807, 2.05) is 53.4 Å². The first-order chi connectivity index (χ1) is 12.2. The van der Waals surface area contributed by atoms with Crippen LogP contribution < -0.4 is 15.4 Å². The number of amides is 1. The van der Waals surface area contributed by atoms with Crippen LogP contribution in [0.15, 0.2) is 54.6 Å². The van der Waals surface area contributed by atoms with Gasteiger partial charge in [0.15, 0.2) is 0 Å². The number of hydrogen-bond donors (Lipinski definition) is 1. The van der Waals surface area contributed by atoms with Gasteiger partial charge < -0.3 is 20.3 Å². The van der Waals surface area contributed by atoms with Crippen LogP contribution in [0.5, 0.6) is 5.75 Å². The van der Waals surface area contributed by atoms with E-state index in [9.17, 15) is 4.79 Å². The Morgan fingerprint density at radius 3 is 2.36 bits per heavy atom. The first-order valence-electron chi connectivity index (χ1n) is 8.65. The van der Waals surface area contributed by atoms with Gasteiger partial charge in [-0.05, 0) is 24.1 Å². The fraction of sp³-hybridized carbons (Fsp3) is 0.350. The van der Waals surface area contributed by atoms with E-state index in [1.165, 1.54) is 0 Å². The highest BCUT2D eigenvalue weighted by Gasteiger charge is 2.26. The molecule has 1 heterocycles. The molecule has 1 saturated heterocycles. The van der Waals surface area contributed by atoms with Crippen molar-refractivity contribution in [3.8, 4) is 5.75 Å². The van der Waals surface area contributed by atoms with Crippen molar-refractivity contribution in [2.24, 2.45) is 5.73 Å². The molecule has 1 fully saturated rings. The Morgan fingerprint density at radius 1 is 1.04 bits per heavy atom. The number of ether oxygens (including phenoxy) is 1. The Balaban J connectivity index is 1.57. The molecule has 2 N–H and O–H groups in total. The van der Waals surface area contributed by atoms with Crippen molar-refractivity contribution in [3.05, 3.63) is 60.2 Å². The van der Waals surface area contributed by atoms with Crippen LogP contribution >= 0.6 is 0 Å². The molecule has 0 aliphatic carbocycles. The molecule has 25 heavy (non-hydrogen) atoms. The first-order valence-corrected chi connectivity index (χ1v) is 8.65. The zero-order valence-electron chi connectivity index (χ0n) is 14.6. The summed E-state index contributed by atoms with van der Waals surface area (Å²) in [6.45, 7) is 2.92. The van der Waals surface area contributed by atoms with E-state index in [1.54, 1.807) is 7.11 Å². The van der Waals surface area contributed by atoms with E-state index in [0.29, 0.717) is 19.5 Å². The van der Waals surface area contributed by atoms with E-state index in [2.05, 4.69) is 11.0 Å². The SMILES string of the molecule is COc1ccccc1N1CCN(C(=O)C(N)Cc2ccccc2)CC1. The Kier molecular flexibility index (Phi) is 5.56. The highest BCUT2D eigenvalue weighted by atomic mass is 16.5. The number of hydrogen-bond acceptors (Lipinski definition) is 4. The monoisotopic (exact) mass is 339 g/mol. The van der Waals surface area contributed by atoms with E-state index >= 15 is 0 Å². The number of piperazine rings is 1. The van der Waals surface area contributed by atoms with Gasteiger partial charge in [0.1, 0.15) is 5.75 Å². The summed E-state index contributed by atoms with van der Waals surface area (Å²) in [7, 11) is 1.68. The minimum atomic E-state index is -0.486. The summed E-state index contributed by atoms with van der Waals surface area (Å²) in [6, 6.07) is 17.4. The van der Waals surface area contributed by atoms with E-state index in [0.717, 1.165) is 30.1 Å². The molecule has 0 spiro atoms. The van der Waals surface area contributed by atoms with E-state index < -0.39 is 6.04 Å². The van der Waals surface area contributed by atoms with Crippen molar-refractivity contribution in [3.63, 3.8) is 0 Å². The lowest BCUT2D eigenvalue weighted by Gasteiger charge is -2.37. The Bertz CT molecular complexity index is 697. The molecule has 1 aliphatic heterocycles. The van der Waals surface area contributed by atoms with Crippen LogP contribution in [-0.4, -0.2) is 50.1 Å². The summed E-state index contributed by atoms with van der Waals surface area (Å²) in [6.07, 6.45) is 0.576. The second-order valence-electron chi connectivity index (χ2n) is 6.28. The fourth-order valence-electron chi connectivity index (χ4n) is 3.25. The summed E-state index contributed by atoms with van der Waals surface area (Å²) in [4.78, 5) is 16.8. The maximum atomic E-state index is 12.6. The van der Waals surface area contributed by atoms with Crippen molar-refractivity contribution in [1.29, 1.82) is 0 Å². The zero-order chi connectivity index (χ0) is 17.6. The summed E-state index contributed by atoms with van der Waals surface area (Å²) in [5.74, 6) is 0.895. The Labute approximate surface area is 149 Å². The molecule has 1 atom stereocenters. The molecule has 0 bridgehead atoms. The van der Waals surface area contributed by atoms with E-state index in [4.69, 9.17) is 10.5 Å². The minimum absolute atomic E-state index is 0.0310. The van der Waals surface area contributed by atoms with Crippen LogP contribution in [0.3, 0.4) is 0 Å². The summed E-state index contributed by atoms with van der Waals surface area (Å²) in [5, 5.41) is 0. The van der Waals surface area contributed by atoms with Gasteiger partial charge in [0.25, 0.3) is 0 Å². The van der Waals surface area contributed by atoms with Crippen LogP contribution in [0.1, 0.15) is 5.56 Å². The molecule has 132 valence electrons. The largest absolute Gasteiger partial charge is 0.495 e. The van der Waals surface area contributed by atoms with Gasteiger partial charge in [-0.2, -0.15) is 0 Å². The minimum Gasteiger partial charge on any atom is -0.495 e. The first kappa shape index (κ1) is 17.3. The number of nitrogens with two attached hydrogens (primary N) is 1. The number of carbonyl (C=O) groups is 1. The molecular formula is C20H25N3O2. The van der Waals surface area contributed by atoms with Crippen LogP contribution in [-0.2, 0) is 11.2 Å². The van der Waals surface area contributed by atoms with E-state index in [-0.39, 0.29) is 5.91 Å². The molecule has 5 nitrogen and oxygen atoms in total. The molecule has 0 radical (unpaired) electrons. The normalized spacial score (nSPS) is 15.8. The molecule has 5 heteroatoms. The molecule has 1 amide bonds. The maximum absolute atomic E-state index is 12.6. The van der Waals surface area contributed by atoms with Crippen molar-refractivity contribution >= 4 is 11.6 Å². The zero-order valence-corrected chi connectivity index (χ0v) is 14.6. The maximum Gasteiger partial charge on any atom is 0.239 e. The molecule has 0 aromatic heterocycles. The number of para-hydroxylation sites is 2. The van der Waals surface area contributed by atoms with Crippen molar-refractivity contribution < 1.29 is 9.53 Å². The number of benzene rings is 2. The number of methoxy groups -OCH3 is 1. The third-order valence-electron chi connectivity index (χ3n) is 4.63. The average molecular weight is 339 g/mol. The molecule has 3 rings (SSSR count). The highest BCUT2D eigenvalue weighted by molar-refractivity contribution is 5.82. The smallest absolute Gasteiger partial charge is 0.239 e. The van der Waals surface area contributed by atoms with Gasteiger partial charge >= 0.3 is 0 Å². The molecule has 2 aromatic carbocycles. The quantitative estimate of drug-likeness (QED) is 0.904. The molecule has 1 aliphatic rings. The average Bonchev–Trinajstić information content (AvgIpc) is 2.68. The summed E-state index contributed by atoms with van der Waals surface area (Å²) < 4.78 is 5.44. The van der Waals surface area contributed by atoms with Crippen LogP contribution in [0.4, 0.5) is 5.69 Å². The third kappa shape index (κ3) is 4.12. The van der Waals surface area contributed by atoms with Crippen LogP contribution in [0, 0.1) is 0 Å². The molecule has 1 unspecified atom stereocenters. The van der Waals surface area contributed by atoms with Gasteiger partial charge in [-0.1, -0.05) is 42.5 Å². The van der Waals surface area contributed by atoms with Crippen molar-refractivity contribution in [2.75, 3.05) is 38.2 Å². The summed E-state index contributed by atoms with van der Waals surface area (Å²) in [5.41, 5.74) is 8.31. The lowest BCUT2D eigenvalue weighted by molar-refractivity contribution is -0.132.